The van der Waals surface area contributed by atoms with Crippen molar-refractivity contribution in [2.24, 2.45) is 5.92 Å². The average Bonchev–Trinajstić information content (AvgIpc) is 2.62. The van der Waals surface area contributed by atoms with Crippen LogP contribution in [0.4, 0.5) is 5.82 Å². The number of rotatable bonds is 3. The van der Waals surface area contributed by atoms with Gasteiger partial charge < -0.3 is 4.90 Å². The summed E-state index contributed by atoms with van der Waals surface area (Å²) in [6.07, 6.45) is 4.26. The van der Waals surface area contributed by atoms with Crippen LogP contribution in [-0.4, -0.2) is 29.3 Å². The number of thioether (sulfide) groups is 1. The van der Waals surface area contributed by atoms with Crippen LogP contribution in [0, 0.1) is 17.2 Å². The van der Waals surface area contributed by atoms with Crippen LogP contribution in [0.15, 0.2) is 35.5 Å². The molecule has 0 aliphatic carbocycles. The molecule has 23 heavy (non-hydrogen) atoms. The van der Waals surface area contributed by atoms with Gasteiger partial charge in [-0.3, -0.25) is 0 Å². The van der Waals surface area contributed by atoms with E-state index in [0.717, 1.165) is 54.1 Å². The second-order valence-corrected chi connectivity index (χ2v) is 6.68. The van der Waals surface area contributed by atoms with Gasteiger partial charge >= 0.3 is 0 Å². The fourth-order valence-corrected chi connectivity index (χ4v) is 3.24. The predicted molar refractivity (Wildman–Crippen MR) is 94.6 cm³/mol. The van der Waals surface area contributed by atoms with Crippen molar-refractivity contribution in [3.63, 3.8) is 0 Å². The third kappa shape index (κ3) is 3.32. The predicted octanol–water partition coefficient (Wildman–Crippen LogP) is 3.97. The monoisotopic (exact) mass is 324 g/mol. The normalized spacial score (nSPS) is 15.4. The minimum atomic E-state index is 0.587. The molecule has 1 aromatic heterocycles. The van der Waals surface area contributed by atoms with E-state index in [-0.39, 0.29) is 0 Å². The Kier molecular flexibility index (Phi) is 4.82. The molecule has 2 aromatic rings. The van der Waals surface area contributed by atoms with Crippen LogP contribution in [-0.2, 0) is 0 Å². The second kappa shape index (κ2) is 7.01. The van der Waals surface area contributed by atoms with Crippen molar-refractivity contribution in [2.75, 3.05) is 24.2 Å². The zero-order valence-corrected chi connectivity index (χ0v) is 14.3. The average molecular weight is 324 g/mol. The van der Waals surface area contributed by atoms with E-state index in [0.29, 0.717) is 5.56 Å². The molecule has 118 valence electrons. The van der Waals surface area contributed by atoms with Gasteiger partial charge in [0, 0.05) is 18.7 Å². The van der Waals surface area contributed by atoms with E-state index in [1.165, 1.54) is 11.8 Å². The number of benzene rings is 1. The molecule has 1 aromatic carbocycles. The molecule has 0 radical (unpaired) electrons. The summed E-state index contributed by atoms with van der Waals surface area (Å²) in [5.41, 5.74) is 2.29. The Morgan fingerprint density at radius 1 is 1.17 bits per heavy atom. The lowest BCUT2D eigenvalue weighted by Crippen LogP contribution is -2.34. The highest BCUT2D eigenvalue weighted by Crippen LogP contribution is 2.32. The first-order valence-corrected chi connectivity index (χ1v) is 9.12. The van der Waals surface area contributed by atoms with Crippen LogP contribution in [0.3, 0.4) is 0 Å². The van der Waals surface area contributed by atoms with Gasteiger partial charge in [-0.1, -0.05) is 49.0 Å². The fraction of sp³-hybridized carbons (Fsp3) is 0.389. The third-order valence-electron chi connectivity index (χ3n) is 4.29. The minimum Gasteiger partial charge on any atom is -0.355 e. The largest absolute Gasteiger partial charge is 0.355 e. The zero-order chi connectivity index (χ0) is 16.2. The molecule has 0 unspecified atom stereocenters. The van der Waals surface area contributed by atoms with Gasteiger partial charge in [0.25, 0.3) is 0 Å². The summed E-state index contributed by atoms with van der Waals surface area (Å²) in [6.45, 7) is 4.19. The first kappa shape index (κ1) is 15.8. The van der Waals surface area contributed by atoms with Gasteiger partial charge in [-0.2, -0.15) is 5.26 Å². The Balaban J connectivity index is 2.10. The number of anilines is 1. The standard InChI is InChI=1S/C18H20N4S/c1-13-8-10-22(11-9-13)17-15(12-19)16(20-18(21-17)23-2)14-6-4-3-5-7-14/h3-7,13H,8-11H2,1-2H3. The number of hydrogen-bond donors (Lipinski definition) is 0. The molecule has 1 aliphatic heterocycles. The highest BCUT2D eigenvalue weighted by atomic mass is 32.2. The molecule has 0 atom stereocenters. The Morgan fingerprint density at radius 3 is 2.48 bits per heavy atom. The molecule has 2 heterocycles. The van der Waals surface area contributed by atoms with Crippen LogP contribution >= 0.6 is 11.8 Å². The van der Waals surface area contributed by atoms with Gasteiger partial charge in [0.2, 0.25) is 0 Å². The maximum absolute atomic E-state index is 9.74. The molecule has 1 aliphatic rings. The quantitative estimate of drug-likeness (QED) is 0.631. The summed E-state index contributed by atoms with van der Waals surface area (Å²) in [7, 11) is 0. The molecule has 3 rings (SSSR count). The van der Waals surface area contributed by atoms with Gasteiger partial charge in [0.1, 0.15) is 11.6 Å². The Bertz CT molecular complexity index is 716. The van der Waals surface area contributed by atoms with Crippen molar-refractivity contribution >= 4 is 17.6 Å². The minimum absolute atomic E-state index is 0.587. The molecule has 0 N–H and O–H groups in total. The Labute approximate surface area is 141 Å². The summed E-state index contributed by atoms with van der Waals surface area (Å²) >= 11 is 1.52. The summed E-state index contributed by atoms with van der Waals surface area (Å²) in [5, 5.41) is 10.5. The van der Waals surface area contributed by atoms with Crippen molar-refractivity contribution < 1.29 is 0 Å². The van der Waals surface area contributed by atoms with Gasteiger partial charge in [-0.25, -0.2) is 9.97 Å². The maximum atomic E-state index is 9.74. The number of hydrogen-bond acceptors (Lipinski definition) is 5. The molecule has 0 bridgehead atoms. The van der Waals surface area contributed by atoms with Crippen LogP contribution in [0.5, 0.6) is 0 Å². The lowest BCUT2D eigenvalue weighted by molar-refractivity contribution is 0.436. The SMILES string of the molecule is CSc1nc(-c2ccccc2)c(C#N)c(N2CCC(C)CC2)n1. The molecule has 1 saturated heterocycles. The highest BCUT2D eigenvalue weighted by Gasteiger charge is 2.23. The van der Waals surface area contributed by atoms with E-state index < -0.39 is 0 Å². The van der Waals surface area contributed by atoms with Crippen LogP contribution < -0.4 is 4.90 Å². The molecule has 0 amide bonds. The first-order chi connectivity index (χ1) is 11.2. The number of aromatic nitrogens is 2. The highest BCUT2D eigenvalue weighted by molar-refractivity contribution is 7.98. The number of nitriles is 1. The molecule has 0 spiro atoms. The topological polar surface area (TPSA) is 52.8 Å². The van der Waals surface area contributed by atoms with E-state index in [9.17, 15) is 5.26 Å². The van der Waals surface area contributed by atoms with Crippen LogP contribution in [0.2, 0.25) is 0 Å². The lowest BCUT2D eigenvalue weighted by atomic mass is 9.98. The van der Waals surface area contributed by atoms with Crippen molar-refractivity contribution in [3.8, 4) is 17.3 Å². The Hall–Kier alpha value is -2.06. The van der Waals surface area contributed by atoms with Crippen LogP contribution in [0.25, 0.3) is 11.3 Å². The summed E-state index contributed by atoms with van der Waals surface area (Å²) < 4.78 is 0. The molecule has 5 heteroatoms. The van der Waals surface area contributed by atoms with Gasteiger partial charge in [-0.05, 0) is 25.0 Å². The molecule has 0 saturated carbocycles. The van der Waals surface area contributed by atoms with Gasteiger partial charge in [0.15, 0.2) is 11.0 Å². The number of nitrogens with zero attached hydrogens (tertiary/aromatic N) is 4. The molecular weight excluding hydrogens is 304 g/mol. The smallest absolute Gasteiger partial charge is 0.189 e. The summed E-state index contributed by atoms with van der Waals surface area (Å²) in [4.78, 5) is 11.5. The van der Waals surface area contributed by atoms with Crippen LogP contribution in [0.1, 0.15) is 25.3 Å². The first-order valence-electron chi connectivity index (χ1n) is 7.89. The number of piperidine rings is 1. The van der Waals surface area contributed by atoms with Crippen molar-refractivity contribution in [1.82, 2.24) is 9.97 Å². The van der Waals surface area contributed by atoms with E-state index in [1.807, 2.05) is 36.6 Å². The van der Waals surface area contributed by atoms with E-state index in [4.69, 9.17) is 0 Å². The lowest BCUT2D eigenvalue weighted by Gasteiger charge is -2.32. The zero-order valence-electron chi connectivity index (χ0n) is 13.5. The van der Waals surface area contributed by atoms with E-state index in [1.54, 1.807) is 0 Å². The summed E-state index contributed by atoms with van der Waals surface area (Å²) in [6, 6.07) is 12.3. The molecule has 4 nitrogen and oxygen atoms in total. The Morgan fingerprint density at radius 2 is 1.87 bits per heavy atom. The molecule has 1 fully saturated rings. The second-order valence-electron chi connectivity index (χ2n) is 5.90. The fourth-order valence-electron chi connectivity index (χ4n) is 2.88. The van der Waals surface area contributed by atoms with Crippen molar-refractivity contribution in [3.05, 3.63) is 35.9 Å². The molecular formula is C18H20N4S. The van der Waals surface area contributed by atoms with E-state index >= 15 is 0 Å². The third-order valence-corrected chi connectivity index (χ3v) is 4.84. The van der Waals surface area contributed by atoms with E-state index in [2.05, 4.69) is 27.9 Å². The van der Waals surface area contributed by atoms with Crippen molar-refractivity contribution in [2.45, 2.75) is 24.9 Å². The van der Waals surface area contributed by atoms with Crippen molar-refractivity contribution in [1.29, 1.82) is 5.26 Å². The summed E-state index contributed by atoms with van der Waals surface area (Å²) in [5.74, 6) is 1.53. The van der Waals surface area contributed by atoms with Gasteiger partial charge in [-0.15, -0.1) is 0 Å². The maximum Gasteiger partial charge on any atom is 0.189 e. The van der Waals surface area contributed by atoms with Gasteiger partial charge in [0.05, 0.1) is 5.69 Å².